The summed E-state index contributed by atoms with van der Waals surface area (Å²) >= 11 is 0. The molecule has 3 heteroatoms. The van der Waals surface area contributed by atoms with E-state index in [9.17, 15) is 4.79 Å². The molecule has 1 saturated heterocycles. The number of carbonyl (C=O) groups is 1. The molecule has 74 valence electrons. The fourth-order valence-electron chi connectivity index (χ4n) is 1.40. The predicted molar refractivity (Wildman–Crippen MR) is 51.1 cm³/mol. The highest BCUT2D eigenvalue weighted by Gasteiger charge is 2.20. The Hall–Kier alpha value is -1.35. The van der Waals surface area contributed by atoms with Crippen molar-refractivity contribution in [3.8, 4) is 0 Å². The molecule has 1 fully saturated rings. The molecule has 1 aromatic carbocycles. The first kappa shape index (κ1) is 9.21. The van der Waals surface area contributed by atoms with Gasteiger partial charge in [0.15, 0.2) is 0 Å². The largest absolute Gasteiger partial charge is 0.456 e. The fraction of sp³-hybridized carbons (Fsp3) is 0.364. The van der Waals surface area contributed by atoms with Gasteiger partial charge in [0, 0.05) is 6.42 Å². The van der Waals surface area contributed by atoms with E-state index in [1.165, 1.54) is 0 Å². The first-order valence-corrected chi connectivity index (χ1v) is 4.70. The van der Waals surface area contributed by atoms with E-state index >= 15 is 0 Å². The van der Waals surface area contributed by atoms with Crippen molar-refractivity contribution < 1.29 is 14.3 Å². The van der Waals surface area contributed by atoms with Crippen LogP contribution in [0.5, 0.6) is 0 Å². The number of hydrogen-bond donors (Lipinski definition) is 0. The van der Waals surface area contributed by atoms with Crippen LogP contribution in [0, 0.1) is 0 Å². The lowest BCUT2D eigenvalue weighted by Crippen LogP contribution is -2.17. The quantitative estimate of drug-likeness (QED) is 0.668. The summed E-state index contributed by atoms with van der Waals surface area (Å²) in [5, 5.41) is 0. The lowest BCUT2D eigenvalue weighted by Gasteiger charge is -2.09. The molecule has 0 radical (unpaired) electrons. The van der Waals surface area contributed by atoms with Crippen molar-refractivity contribution in [2.45, 2.75) is 12.5 Å². The van der Waals surface area contributed by atoms with Crippen molar-refractivity contribution in [1.82, 2.24) is 0 Å². The lowest BCUT2D eigenvalue weighted by atomic mass is 10.2. The zero-order valence-corrected chi connectivity index (χ0v) is 7.81. The van der Waals surface area contributed by atoms with Crippen molar-refractivity contribution in [2.24, 2.45) is 0 Å². The molecule has 0 saturated carbocycles. The van der Waals surface area contributed by atoms with E-state index in [0.29, 0.717) is 18.8 Å². The maximum absolute atomic E-state index is 11.5. The molecule has 14 heavy (non-hydrogen) atoms. The van der Waals surface area contributed by atoms with Crippen LogP contribution < -0.4 is 0 Å². The number of carbonyl (C=O) groups excluding carboxylic acids is 1. The molecule has 0 amide bonds. The fourth-order valence-corrected chi connectivity index (χ4v) is 1.40. The Morgan fingerprint density at radius 1 is 1.36 bits per heavy atom. The van der Waals surface area contributed by atoms with Gasteiger partial charge in [-0.1, -0.05) is 18.2 Å². The van der Waals surface area contributed by atoms with Gasteiger partial charge in [-0.2, -0.15) is 0 Å². The highest BCUT2D eigenvalue weighted by atomic mass is 16.6. The zero-order chi connectivity index (χ0) is 9.80. The first-order valence-electron chi connectivity index (χ1n) is 4.70. The maximum Gasteiger partial charge on any atom is 0.338 e. The van der Waals surface area contributed by atoms with Gasteiger partial charge >= 0.3 is 5.97 Å². The van der Waals surface area contributed by atoms with Crippen LogP contribution in [0.3, 0.4) is 0 Å². The Morgan fingerprint density at radius 2 is 2.14 bits per heavy atom. The van der Waals surface area contributed by atoms with Gasteiger partial charge < -0.3 is 9.47 Å². The third-order valence-electron chi connectivity index (χ3n) is 2.17. The van der Waals surface area contributed by atoms with Crippen molar-refractivity contribution in [2.75, 3.05) is 13.2 Å². The van der Waals surface area contributed by atoms with Gasteiger partial charge in [0.1, 0.15) is 6.10 Å². The van der Waals surface area contributed by atoms with Gasteiger partial charge in [-0.15, -0.1) is 0 Å². The summed E-state index contributed by atoms with van der Waals surface area (Å²) < 4.78 is 10.4. The summed E-state index contributed by atoms with van der Waals surface area (Å²) in [5.74, 6) is -0.263. The molecule has 0 N–H and O–H groups in total. The predicted octanol–water partition coefficient (Wildman–Crippen LogP) is 1.63. The Bertz CT molecular complexity index is 302. The highest BCUT2D eigenvalue weighted by Crippen LogP contribution is 2.11. The van der Waals surface area contributed by atoms with E-state index in [-0.39, 0.29) is 12.1 Å². The number of hydrogen-bond acceptors (Lipinski definition) is 3. The minimum Gasteiger partial charge on any atom is -0.456 e. The van der Waals surface area contributed by atoms with Crippen LogP contribution in [-0.4, -0.2) is 25.3 Å². The monoisotopic (exact) mass is 192 g/mol. The van der Waals surface area contributed by atoms with E-state index < -0.39 is 0 Å². The third kappa shape index (κ3) is 2.12. The number of esters is 1. The second-order valence-corrected chi connectivity index (χ2v) is 3.26. The Labute approximate surface area is 82.6 Å². The number of rotatable bonds is 2. The molecular weight excluding hydrogens is 180 g/mol. The topological polar surface area (TPSA) is 35.5 Å². The molecule has 0 aliphatic carbocycles. The van der Waals surface area contributed by atoms with Gasteiger partial charge in [-0.05, 0) is 12.1 Å². The number of ether oxygens (including phenoxy) is 2. The molecule has 1 heterocycles. The molecule has 0 unspecified atom stereocenters. The van der Waals surface area contributed by atoms with Crippen LogP contribution in [-0.2, 0) is 9.47 Å². The van der Waals surface area contributed by atoms with Crippen LogP contribution in [0.4, 0.5) is 0 Å². The van der Waals surface area contributed by atoms with Crippen LogP contribution in [0.15, 0.2) is 30.3 Å². The molecule has 0 spiro atoms. The van der Waals surface area contributed by atoms with Gasteiger partial charge in [-0.3, -0.25) is 0 Å². The van der Waals surface area contributed by atoms with Crippen molar-refractivity contribution in [1.29, 1.82) is 0 Å². The van der Waals surface area contributed by atoms with Crippen LogP contribution in [0.2, 0.25) is 0 Å². The Balaban J connectivity index is 1.95. The number of benzene rings is 1. The minimum absolute atomic E-state index is 0.0669. The van der Waals surface area contributed by atoms with Crippen LogP contribution in [0.25, 0.3) is 0 Å². The summed E-state index contributed by atoms with van der Waals surface area (Å²) in [6, 6.07) is 9.01. The molecule has 1 atom stereocenters. The summed E-state index contributed by atoms with van der Waals surface area (Å²) in [6.45, 7) is 1.21. The van der Waals surface area contributed by atoms with Crippen molar-refractivity contribution in [3.05, 3.63) is 35.9 Å². The van der Waals surface area contributed by atoms with E-state index in [1.807, 2.05) is 18.2 Å². The average molecular weight is 192 g/mol. The average Bonchev–Trinajstić information content (AvgIpc) is 2.72. The van der Waals surface area contributed by atoms with Gasteiger partial charge in [0.25, 0.3) is 0 Å². The smallest absolute Gasteiger partial charge is 0.338 e. The normalized spacial score (nSPS) is 20.7. The first-order chi connectivity index (χ1) is 6.86. The molecule has 1 aliphatic heterocycles. The SMILES string of the molecule is O=C(O[C@H]1CCOC1)c1ccccc1. The van der Waals surface area contributed by atoms with Crippen molar-refractivity contribution in [3.63, 3.8) is 0 Å². The molecule has 3 nitrogen and oxygen atoms in total. The summed E-state index contributed by atoms with van der Waals surface area (Å²) in [7, 11) is 0. The highest BCUT2D eigenvalue weighted by molar-refractivity contribution is 5.89. The summed E-state index contributed by atoms with van der Waals surface area (Å²) in [6.07, 6.45) is 0.737. The van der Waals surface area contributed by atoms with E-state index in [1.54, 1.807) is 12.1 Å². The second kappa shape index (κ2) is 4.24. The van der Waals surface area contributed by atoms with E-state index in [4.69, 9.17) is 9.47 Å². The third-order valence-corrected chi connectivity index (χ3v) is 2.17. The lowest BCUT2D eigenvalue weighted by molar-refractivity contribution is 0.0270. The van der Waals surface area contributed by atoms with Gasteiger partial charge in [-0.25, -0.2) is 4.79 Å². The summed E-state index contributed by atoms with van der Waals surface area (Å²) in [5.41, 5.74) is 0.597. The van der Waals surface area contributed by atoms with Crippen LogP contribution >= 0.6 is 0 Å². The zero-order valence-electron chi connectivity index (χ0n) is 7.81. The van der Waals surface area contributed by atoms with Crippen molar-refractivity contribution >= 4 is 5.97 Å². The molecule has 1 aromatic rings. The molecule has 0 bridgehead atoms. The van der Waals surface area contributed by atoms with Crippen LogP contribution in [0.1, 0.15) is 16.8 Å². The van der Waals surface area contributed by atoms with Gasteiger partial charge in [0.05, 0.1) is 18.8 Å². The summed E-state index contributed by atoms with van der Waals surface area (Å²) in [4.78, 5) is 11.5. The second-order valence-electron chi connectivity index (χ2n) is 3.26. The van der Waals surface area contributed by atoms with E-state index in [0.717, 1.165) is 6.42 Å². The molecule has 2 rings (SSSR count). The Morgan fingerprint density at radius 3 is 2.79 bits per heavy atom. The molecular formula is C11H12O3. The minimum atomic E-state index is -0.263. The molecule has 1 aliphatic rings. The van der Waals surface area contributed by atoms with Gasteiger partial charge in [0.2, 0.25) is 0 Å². The maximum atomic E-state index is 11.5. The van der Waals surface area contributed by atoms with E-state index in [2.05, 4.69) is 0 Å². The molecule has 0 aromatic heterocycles. The standard InChI is InChI=1S/C11H12O3/c12-11(9-4-2-1-3-5-9)14-10-6-7-13-8-10/h1-5,10H,6-8H2/t10-/m0/s1. The Kier molecular flexibility index (Phi) is 2.79.